The summed E-state index contributed by atoms with van der Waals surface area (Å²) in [6.07, 6.45) is -4.18. The zero-order valence-corrected chi connectivity index (χ0v) is 11.5. The van der Waals surface area contributed by atoms with E-state index in [1.54, 1.807) is 0 Å². The Balaban J connectivity index is 2.89. The summed E-state index contributed by atoms with van der Waals surface area (Å²) in [5.41, 5.74) is -4.44. The molecule has 0 saturated carbocycles. The van der Waals surface area contributed by atoms with Crippen LogP contribution in [0.4, 0.5) is 17.6 Å². The Morgan fingerprint density at radius 3 is 2.36 bits per heavy atom. The third-order valence-electron chi connectivity index (χ3n) is 2.76. The summed E-state index contributed by atoms with van der Waals surface area (Å²) in [5, 5.41) is 9.31. The first-order chi connectivity index (χ1) is 10.0. The van der Waals surface area contributed by atoms with Crippen molar-refractivity contribution in [2.24, 2.45) is 7.05 Å². The fourth-order valence-electron chi connectivity index (χ4n) is 1.81. The molecule has 0 bridgehead atoms. The Morgan fingerprint density at radius 2 is 1.86 bits per heavy atom. The van der Waals surface area contributed by atoms with E-state index >= 15 is 0 Å². The first kappa shape index (κ1) is 16.0. The van der Waals surface area contributed by atoms with Crippen molar-refractivity contribution in [3.63, 3.8) is 0 Å². The minimum atomic E-state index is -4.94. The third-order valence-corrected chi connectivity index (χ3v) is 2.97. The summed E-state index contributed by atoms with van der Waals surface area (Å²) >= 11 is 5.47. The molecule has 22 heavy (non-hydrogen) atoms. The minimum absolute atomic E-state index is 0.0354. The highest BCUT2D eigenvalue weighted by molar-refractivity contribution is 6.30. The van der Waals surface area contributed by atoms with Gasteiger partial charge in [-0.25, -0.2) is 9.59 Å². The maximum absolute atomic E-state index is 13.8. The second-order valence-electron chi connectivity index (χ2n) is 4.22. The van der Waals surface area contributed by atoms with E-state index in [1.807, 2.05) is 0 Å². The van der Waals surface area contributed by atoms with Crippen LogP contribution in [0.1, 0.15) is 5.69 Å². The third kappa shape index (κ3) is 2.56. The van der Waals surface area contributed by atoms with Crippen molar-refractivity contribution in [3.8, 4) is 5.82 Å². The van der Waals surface area contributed by atoms with Crippen molar-refractivity contribution in [2.75, 3.05) is 0 Å². The van der Waals surface area contributed by atoms with Crippen molar-refractivity contribution in [3.05, 3.63) is 55.7 Å². The molecule has 1 N–H and O–H groups in total. The number of pyridine rings is 1. The van der Waals surface area contributed by atoms with Gasteiger partial charge in [0, 0.05) is 13.1 Å². The van der Waals surface area contributed by atoms with E-state index in [1.165, 1.54) is 0 Å². The van der Waals surface area contributed by atoms with Crippen molar-refractivity contribution < 1.29 is 27.5 Å². The van der Waals surface area contributed by atoms with Crippen LogP contribution < -0.4 is 16.0 Å². The molecule has 2 heterocycles. The Labute approximate surface area is 124 Å². The largest absolute Gasteiger partial charge is 0.431 e. The molecular weight excluding hydrogens is 334 g/mol. The van der Waals surface area contributed by atoms with Gasteiger partial charge in [-0.2, -0.15) is 17.6 Å². The second kappa shape index (κ2) is 5.13. The normalized spacial score (nSPS) is 11.7. The number of alkyl halides is 3. The summed E-state index contributed by atoms with van der Waals surface area (Å²) in [6.45, 7) is 0. The van der Waals surface area contributed by atoms with E-state index in [0.717, 1.165) is 13.2 Å². The highest BCUT2D eigenvalue weighted by Gasteiger charge is 2.37. The van der Waals surface area contributed by atoms with Crippen molar-refractivity contribution in [1.29, 1.82) is 0 Å². The Kier molecular flexibility index (Phi) is 3.73. The number of halogens is 5. The molecule has 118 valence electrons. The molecule has 0 radical (unpaired) electrons. The maximum atomic E-state index is 13.8. The van der Waals surface area contributed by atoms with Gasteiger partial charge < -0.3 is 5.21 Å². The molecule has 0 atom stereocenters. The molecular formula is C11H7ClF4N3O3+. The van der Waals surface area contributed by atoms with E-state index in [2.05, 4.69) is 0 Å². The second-order valence-corrected chi connectivity index (χ2v) is 4.65. The number of nitrogens with zero attached hydrogens (tertiary/aromatic N) is 3. The number of hydrogen-bond donors (Lipinski definition) is 1. The fraction of sp³-hybridized carbons (Fsp3) is 0.182. The van der Waals surface area contributed by atoms with Crippen molar-refractivity contribution in [2.45, 2.75) is 6.18 Å². The van der Waals surface area contributed by atoms with Crippen LogP contribution in [0.15, 0.2) is 27.9 Å². The molecule has 6 nitrogen and oxygen atoms in total. The lowest BCUT2D eigenvalue weighted by Gasteiger charge is -2.10. The Hall–Kier alpha value is -2.36. The lowest BCUT2D eigenvalue weighted by Crippen LogP contribution is -2.48. The molecule has 11 heteroatoms. The van der Waals surface area contributed by atoms with Crippen molar-refractivity contribution in [1.82, 2.24) is 9.13 Å². The standard InChI is InChI=1S/C11H7ClF4N3O3/c1-17-7(11(14,15)16)3-8(20)19(10(17)21)9-6(13)2-5(12)4-18(9)22/h2-4,22H,1H3/q+1. The van der Waals surface area contributed by atoms with E-state index in [0.29, 0.717) is 6.07 Å². The molecule has 0 aromatic carbocycles. The molecule has 0 aliphatic carbocycles. The lowest BCUT2D eigenvalue weighted by atomic mass is 10.3. The highest BCUT2D eigenvalue weighted by atomic mass is 35.5. The fourth-order valence-corrected chi connectivity index (χ4v) is 2.00. The first-order valence-electron chi connectivity index (χ1n) is 5.54. The summed E-state index contributed by atoms with van der Waals surface area (Å²) in [7, 11) is 0.761. The van der Waals surface area contributed by atoms with Gasteiger partial charge in [0.2, 0.25) is 5.82 Å². The molecule has 2 rings (SSSR count). The zero-order chi connectivity index (χ0) is 16.8. The van der Waals surface area contributed by atoms with Crippen LogP contribution in [-0.2, 0) is 13.2 Å². The van der Waals surface area contributed by atoms with Gasteiger partial charge in [-0.1, -0.05) is 16.2 Å². The predicted molar refractivity (Wildman–Crippen MR) is 64.6 cm³/mol. The van der Waals surface area contributed by atoms with Crippen LogP contribution in [0, 0.1) is 5.82 Å². The Morgan fingerprint density at radius 1 is 1.27 bits per heavy atom. The minimum Gasteiger partial charge on any atom is -0.350 e. The molecule has 0 unspecified atom stereocenters. The number of aromatic nitrogens is 3. The SMILES string of the molecule is Cn1c(C(F)(F)F)cc(=O)n(-c2c(F)cc(Cl)c[n+]2O)c1=O. The molecule has 0 aliphatic heterocycles. The van der Waals surface area contributed by atoms with Crippen molar-refractivity contribution >= 4 is 11.6 Å². The van der Waals surface area contributed by atoms with Crippen LogP contribution in [0.3, 0.4) is 0 Å². The average Bonchev–Trinajstić information content (AvgIpc) is 2.35. The van der Waals surface area contributed by atoms with E-state index in [9.17, 15) is 32.4 Å². The summed E-state index contributed by atoms with van der Waals surface area (Å²) in [4.78, 5) is 23.7. The summed E-state index contributed by atoms with van der Waals surface area (Å²) < 4.78 is 52.1. The molecule has 0 spiro atoms. The van der Waals surface area contributed by atoms with E-state index in [-0.39, 0.29) is 25.0 Å². The van der Waals surface area contributed by atoms with Gasteiger partial charge in [0.25, 0.3) is 0 Å². The van der Waals surface area contributed by atoms with Crippen LogP contribution in [0.25, 0.3) is 5.82 Å². The van der Waals surface area contributed by atoms with E-state index in [4.69, 9.17) is 11.6 Å². The topological polar surface area (TPSA) is 68.1 Å². The molecule has 0 fully saturated rings. The van der Waals surface area contributed by atoms with Gasteiger partial charge >= 0.3 is 23.2 Å². The highest BCUT2D eigenvalue weighted by Crippen LogP contribution is 2.26. The van der Waals surface area contributed by atoms with Gasteiger partial charge in [-0.05, 0) is 4.73 Å². The van der Waals surface area contributed by atoms with Crippen LogP contribution in [-0.4, -0.2) is 14.3 Å². The molecule has 0 aliphatic rings. The summed E-state index contributed by atoms with van der Waals surface area (Å²) in [6, 6.07) is 0.808. The Bertz CT molecular complexity index is 849. The lowest BCUT2D eigenvalue weighted by molar-refractivity contribution is -0.900. The van der Waals surface area contributed by atoms with Gasteiger partial charge in [-0.15, -0.1) is 0 Å². The smallest absolute Gasteiger partial charge is 0.350 e. The molecule has 0 amide bonds. The molecule has 0 saturated heterocycles. The van der Waals surface area contributed by atoms with Gasteiger partial charge in [0.05, 0.1) is 11.1 Å². The zero-order valence-electron chi connectivity index (χ0n) is 10.7. The monoisotopic (exact) mass is 340 g/mol. The van der Waals surface area contributed by atoms with Gasteiger partial charge in [0.15, 0.2) is 6.20 Å². The van der Waals surface area contributed by atoms with Crippen LogP contribution in [0.5, 0.6) is 0 Å². The maximum Gasteiger partial charge on any atom is 0.431 e. The number of rotatable bonds is 1. The van der Waals surface area contributed by atoms with Gasteiger partial charge in [0.1, 0.15) is 5.69 Å². The molecule has 2 aromatic rings. The van der Waals surface area contributed by atoms with Crippen LogP contribution in [0.2, 0.25) is 5.02 Å². The predicted octanol–water partition coefficient (Wildman–Crippen LogP) is 0.872. The number of hydrogen-bond acceptors (Lipinski definition) is 3. The van der Waals surface area contributed by atoms with E-state index < -0.39 is 34.8 Å². The van der Waals surface area contributed by atoms with Crippen LogP contribution >= 0.6 is 11.6 Å². The quantitative estimate of drug-likeness (QED) is 0.476. The van der Waals surface area contributed by atoms with Gasteiger partial charge in [-0.3, -0.25) is 4.57 Å². The molecule has 2 aromatic heterocycles. The first-order valence-corrected chi connectivity index (χ1v) is 5.92. The average molecular weight is 341 g/mol. The summed E-state index contributed by atoms with van der Waals surface area (Å²) in [5.74, 6) is -2.22.